The van der Waals surface area contributed by atoms with Crippen LogP contribution in [0, 0.1) is 5.82 Å². The highest BCUT2D eigenvalue weighted by Crippen LogP contribution is 2.17. The predicted octanol–water partition coefficient (Wildman–Crippen LogP) is 1.20. The molecule has 6 heteroatoms. The molecule has 0 radical (unpaired) electrons. The third-order valence-electron chi connectivity index (χ3n) is 3.69. The van der Waals surface area contributed by atoms with E-state index < -0.39 is 6.04 Å². The van der Waals surface area contributed by atoms with Crippen molar-refractivity contribution in [3.63, 3.8) is 0 Å². The molecule has 116 valence electrons. The van der Waals surface area contributed by atoms with Crippen molar-refractivity contribution in [1.29, 1.82) is 0 Å². The number of methoxy groups -OCH3 is 1. The Balaban J connectivity index is 1.80. The number of piperidine rings is 1. The highest BCUT2D eigenvalue weighted by Gasteiger charge is 2.26. The summed E-state index contributed by atoms with van der Waals surface area (Å²) in [6.45, 7) is 1.59. The Hall–Kier alpha value is -1.66. The fraction of sp³-hybridized carbons (Fsp3) is 0.533. The molecule has 1 aliphatic heterocycles. The van der Waals surface area contributed by atoms with E-state index in [1.165, 1.54) is 19.2 Å². The van der Waals surface area contributed by atoms with Crippen molar-refractivity contribution >= 4 is 11.6 Å². The lowest BCUT2D eigenvalue weighted by Gasteiger charge is -2.34. The number of nitrogens with zero attached hydrogens (tertiary/aromatic N) is 1. The molecular weight excluding hydrogens is 273 g/mol. The minimum absolute atomic E-state index is 0.0583. The second-order valence-corrected chi connectivity index (χ2v) is 5.31. The van der Waals surface area contributed by atoms with E-state index >= 15 is 0 Å². The summed E-state index contributed by atoms with van der Waals surface area (Å²) in [5.41, 5.74) is 6.66. The topological polar surface area (TPSA) is 67.6 Å². The number of benzene rings is 1. The number of carbonyl (C=O) groups is 1. The molecule has 0 aromatic heterocycles. The van der Waals surface area contributed by atoms with E-state index in [1.807, 2.05) is 0 Å². The summed E-state index contributed by atoms with van der Waals surface area (Å²) in [6, 6.07) is 6.02. The van der Waals surface area contributed by atoms with Crippen molar-refractivity contribution in [3.05, 3.63) is 30.1 Å². The zero-order chi connectivity index (χ0) is 15.2. The number of carbonyl (C=O) groups excluding carboxylic acids is 1. The van der Waals surface area contributed by atoms with Crippen LogP contribution < -0.4 is 11.1 Å². The maximum absolute atomic E-state index is 12.8. The van der Waals surface area contributed by atoms with Crippen LogP contribution in [-0.2, 0) is 9.53 Å². The smallest absolute Gasteiger partial charge is 0.241 e. The Bertz CT molecular complexity index is 458. The van der Waals surface area contributed by atoms with Crippen LogP contribution in [-0.4, -0.2) is 49.7 Å². The number of ether oxygens (including phenoxy) is 1. The molecule has 0 aliphatic carbocycles. The van der Waals surface area contributed by atoms with Crippen LogP contribution in [0.25, 0.3) is 0 Å². The van der Waals surface area contributed by atoms with Crippen molar-refractivity contribution in [2.75, 3.05) is 32.1 Å². The zero-order valence-corrected chi connectivity index (χ0v) is 12.2. The molecule has 21 heavy (non-hydrogen) atoms. The van der Waals surface area contributed by atoms with E-state index in [0.29, 0.717) is 13.1 Å². The lowest BCUT2D eigenvalue weighted by Crippen LogP contribution is -2.50. The first-order chi connectivity index (χ1) is 10.1. The van der Waals surface area contributed by atoms with E-state index in [1.54, 1.807) is 17.0 Å². The molecule has 5 nitrogen and oxygen atoms in total. The number of amides is 1. The van der Waals surface area contributed by atoms with Gasteiger partial charge >= 0.3 is 0 Å². The number of likely N-dealkylation sites (tertiary alicyclic amines) is 1. The summed E-state index contributed by atoms with van der Waals surface area (Å²) in [4.78, 5) is 13.8. The first-order valence-corrected chi connectivity index (χ1v) is 7.15. The number of hydrogen-bond acceptors (Lipinski definition) is 4. The maximum atomic E-state index is 12.8. The molecule has 2 rings (SSSR count). The molecule has 3 N–H and O–H groups in total. The summed E-state index contributed by atoms with van der Waals surface area (Å²) >= 11 is 0. The zero-order valence-electron chi connectivity index (χ0n) is 12.2. The van der Waals surface area contributed by atoms with Gasteiger partial charge in [0.15, 0.2) is 0 Å². The van der Waals surface area contributed by atoms with Crippen LogP contribution in [0.5, 0.6) is 0 Å². The van der Waals surface area contributed by atoms with Crippen LogP contribution >= 0.6 is 0 Å². The van der Waals surface area contributed by atoms with E-state index in [2.05, 4.69) is 5.32 Å². The fourth-order valence-electron chi connectivity index (χ4n) is 2.51. The number of rotatable bonds is 5. The number of hydrogen-bond donors (Lipinski definition) is 2. The number of nitrogens with one attached hydrogen (secondary N) is 1. The Morgan fingerprint density at radius 3 is 2.62 bits per heavy atom. The number of anilines is 1. The highest BCUT2D eigenvalue weighted by molar-refractivity contribution is 5.81. The minimum Gasteiger partial charge on any atom is -0.383 e. The molecule has 1 saturated heterocycles. The Labute approximate surface area is 124 Å². The standard InChI is InChI=1S/C15H22FN3O2/c1-21-10-14(17)15(20)19-8-6-13(7-9-19)18-12-4-2-11(16)3-5-12/h2-5,13-14,18H,6-10,17H2,1H3. The van der Waals surface area contributed by atoms with Crippen molar-refractivity contribution < 1.29 is 13.9 Å². The summed E-state index contributed by atoms with van der Waals surface area (Å²) in [5.74, 6) is -0.301. The fourth-order valence-corrected chi connectivity index (χ4v) is 2.51. The monoisotopic (exact) mass is 295 g/mol. The molecule has 1 aliphatic rings. The van der Waals surface area contributed by atoms with Gasteiger partial charge < -0.3 is 20.7 Å². The van der Waals surface area contributed by atoms with Gasteiger partial charge in [0, 0.05) is 31.9 Å². The second-order valence-electron chi connectivity index (χ2n) is 5.31. The van der Waals surface area contributed by atoms with Crippen LogP contribution in [0.15, 0.2) is 24.3 Å². The molecule has 1 unspecified atom stereocenters. The van der Waals surface area contributed by atoms with Gasteiger partial charge in [-0.2, -0.15) is 0 Å². The van der Waals surface area contributed by atoms with Crippen molar-refractivity contribution in [1.82, 2.24) is 4.90 Å². The van der Waals surface area contributed by atoms with E-state index in [4.69, 9.17) is 10.5 Å². The number of nitrogens with two attached hydrogens (primary N) is 1. The molecule has 1 heterocycles. The highest BCUT2D eigenvalue weighted by atomic mass is 19.1. The largest absolute Gasteiger partial charge is 0.383 e. The molecular formula is C15H22FN3O2. The summed E-state index contributed by atoms with van der Waals surface area (Å²) < 4.78 is 17.8. The minimum atomic E-state index is -0.586. The molecule has 1 fully saturated rings. The molecule has 1 amide bonds. The lowest BCUT2D eigenvalue weighted by atomic mass is 10.0. The third-order valence-corrected chi connectivity index (χ3v) is 3.69. The van der Waals surface area contributed by atoms with E-state index in [-0.39, 0.29) is 24.4 Å². The van der Waals surface area contributed by atoms with Gasteiger partial charge in [0.05, 0.1) is 6.61 Å². The van der Waals surface area contributed by atoms with Crippen LogP contribution in [0.4, 0.5) is 10.1 Å². The van der Waals surface area contributed by atoms with Gasteiger partial charge in [-0.25, -0.2) is 4.39 Å². The van der Waals surface area contributed by atoms with Crippen LogP contribution in [0.1, 0.15) is 12.8 Å². The van der Waals surface area contributed by atoms with Gasteiger partial charge in [-0.15, -0.1) is 0 Å². The van der Waals surface area contributed by atoms with E-state index in [9.17, 15) is 9.18 Å². The molecule has 0 bridgehead atoms. The van der Waals surface area contributed by atoms with Gasteiger partial charge in [0.2, 0.25) is 5.91 Å². The first-order valence-electron chi connectivity index (χ1n) is 7.15. The molecule has 1 aromatic rings. The molecule has 1 atom stereocenters. The van der Waals surface area contributed by atoms with Crippen molar-refractivity contribution in [2.24, 2.45) is 5.73 Å². The molecule has 0 spiro atoms. The van der Waals surface area contributed by atoms with Gasteiger partial charge in [-0.05, 0) is 37.1 Å². The Morgan fingerprint density at radius 1 is 1.43 bits per heavy atom. The van der Waals surface area contributed by atoms with Crippen molar-refractivity contribution in [3.8, 4) is 0 Å². The van der Waals surface area contributed by atoms with Crippen LogP contribution in [0.3, 0.4) is 0 Å². The predicted molar refractivity (Wildman–Crippen MR) is 79.5 cm³/mol. The van der Waals surface area contributed by atoms with Gasteiger partial charge in [0.25, 0.3) is 0 Å². The average Bonchev–Trinajstić information content (AvgIpc) is 2.50. The molecule has 0 saturated carbocycles. The Morgan fingerprint density at radius 2 is 2.05 bits per heavy atom. The third kappa shape index (κ3) is 4.41. The first kappa shape index (κ1) is 15.7. The quantitative estimate of drug-likeness (QED) is 0.856. The summed E-state index contributed by atoms with van der Waals surface area (Å²) in [5, 5.41) is 3.36. The van der Waals surface area contributed by atoms with Gasteiger partial charge in [-0.3, -0.25) is 4.79 Å². The molecule has 1 aromatic carbocycles. The normalized spacial score (nSPS) is 17.6. The SMILES string of the molecule is COCC(N)C(=O)N1CCC(Nc2ccc(F)cc2)CC1. The second kappa shape index (κ2) is 7.38. The van der Waals surface area contributed by atoms with Gasteiger partial charge in [-0.1, -0.05) is 0 Å². The summed E-state index contributed by atoms with van der Waals surface area (Å²) in [6.07, 6.45) is 1.70. The van der Waals surface area contributed by atoms with Crippen LogP contribution in [0.2, 0.25) is 0 Å². The maximum Gasteiger partial charge on any atom is 0.241 e. The Kier molecular flexibility index (Phi) is 5.52. The average molecular weight is 295 g/mol. The van der Waals surface area contributed by atoms with Gasteiger partial charge in [0.1, 0.15) is 11.9 Å². The van der Waals surface area contributed by atoms with Crippen molar-refractivity contribution in [2.45, 2.75) is 24.9 Å². The lowest BCUT2D eigenvalue weighted by molar-refractivity contribution is -0.134. The number of halogens is 1. The van der Waals surface area contributed by atoms with E-state index in [0.717, 1.165) is 18.5 Å². The summed E-state index contributed by atoms with van der Waals surface area (Å²) in [7, 11) is 1.53.